The Kier molecular flexibility index (Phi) is 5.58. The van der Waals surface area contributed by atoms with E-state index in [4.69, 9.17) is 5.11 Å². The largest absolute Gasteiger partial charge is 0.481 e. The van der Waals surface area contributed by atoms with Crippen LogP contribution in [-0.4, -0.2) is 34.6 Å². The van der Waals surface area contributed by atoms with Crippen molar-refractivity contribution in [3.05, 3.63) is 29.3 Å². The molecule has 0 radical (unpaired) electrons. The van der Waals surface area contributed by atoms with Crippen molar-refractivity contribution in [3.8, 4) is 0 Å². The standard InChI is InChI=1S/C20H25N3O4/c1-12-3-4-13(2)17(11-12)23-18(24)10-9-16(22-23)19(25)21-15-7-5-14(6-8-15)20(26)27/h3-4,11,14-15H,5-10H2,1-2H3,(H,21,25)(H,26,27). The van der Waals surface area contributed by atoms with Crippen LogP contribution in [0.4, 0.5) is 5.69 Å². The first-order valence-corrected chi connectivity index (χ1v) is 9.36. The quantitative estimate of drug-likeness (QED) is 0.849. The Labute approximate surface area is 158 Å². The number of nitrogens with zero attached hydrogens (tertiary/aromatic N) is 2. The molecule has 27 heavy (non-hydrogen) atoms. The Morgan fingerprint density at radius 3 is 2.52 bits per heavy atom. The lowest BCUT2D eigenvalue weighted by Crippen LogP contribution is -2.44. The summed E-state index contributed by atoms with van der Waals surface area (Å²) < 4.78 is 0. The summed E-state index contributed by atoms with van der Waals surface area (Å²) >= 11 is 0. The van der Waals surface area contributed by atoms with Crippen LogP contribution in [0.1, 0.15) is 49.7 Å². The van der Waals surface area contributed by atoms with Crippen molar-refractivity contribution in [2.45, 2.75) is 58.4 Å². The van der Waals surface area contributed by atoms with Crippen LogP contribution in [-0.2, 0) is 14.4 Å². The number of carbonyl (C=O) groups is 3. The molecular weight excluding hydrogens is 346 g/mol. The Hall–Kier alpha value is -2.70. The molecule has 1 aromatic rings. The Morgan fingerprint density at radius 2 is 1.85 bits per heavy atom. The second kappa shape index (κ2) is 7.90. The molecule has 1 saturated carbocycles. The summed E-state index contributed by atoms with van der Waals surface area (Å²) in [6.07, 6.45) is 2.99. The average Bonchev–Trinajstić information content (AvgIpc) is 2.64. The molecule has 0 saturated heterocycles. The molecule has 1 heterocycles. The molecule has 1 aromatic carbocycles. The summed E-state index contributed by atoms with van der Waals surface area (Å²) in [7, 11) is 0. The van der Waals surface area contributed by atoms with Gasteiger partial charge in [0.25, 0.3) is 5.91 Å². The van der Waals surface area contributed by atoms with Crippen LogP contribution in [0.25, 0.3) is 0 Å². The van der Waals surface area contributed by atoms with Crippen LogP contribution in [0.15, 0.2) is 23.3 Å². The highest BCUT2D eigenvalue weighted by atomic mass is 16.4. The zero-order valence-electron chi connectivity index (χ0n) is 15.7. The summed E-state index contributed by atoms with van der Waals surface area (Å²) in [5.74, 6) is -1.47. The molecule has 7 heteroatoms. The Balaban J connectivity index is 1.70. The zero-order valence-corrected chi connectivity index (χ0v) is 15.7. The van der Waals surface area contributed by atoms with E-state index in [9.17, 15) is 14.4 Å². The van der Waals surface area contributed by atoms with Crippen molar-refractivity contribution >= 4 is 29.2 Å². The number of carboxylic acid groups (broad SMARTS) is 1. The molecule has 0 aromatic heterocycles. The summed E-state index contributed by atoms with van der Waals surface area (Å²) in [4.78, 5) is 36.0. The fourth-order valence-electron chi connectivity index (χ4n) is 3.61. The first kappa shape index (κ1) is 19.1. The van der Waals surface area contributed by atoms with Gasteiger partial charge >= 0.3 is 5.97 Å². The van der Waals surface area contributed by atoms with Gasteiger partial charge in [-0.2, -0.15) is 5.10 Å². The van der Waals surface area contributed by atoms with Crippen LogP contribution in [0.5, 0.6) is 0 Å². The number of amides is 2. The third-order valence-corrected chi connectivity index (χ3v) is 5.30. The van der Waals surface area contributed by atoms with Gasteiger partial charge in [0, 0.05) is 18.9 Å². The molecule has 1 aliphatic carbocycles. The number of anilines is 1. The first-order valence-electron chi connectivity index (χ1n) is 9.36. The number of aryl methyl sites for hydroxylation is 2. The smallest absolute Gasteiger partial charge is 0.306 e. The lowest BCUT2D eigenvalue weighted by atomic mass is 9.86. The predicted octanol–water partition coefficient (Wildman–Crippen LogP) is 2.55. The number of hydrazone groups is 1. The number of carbonyl (C=O) groups excluding carboxylic acids is 2. The Morgan fingerprint density at radius 1 is 1.15 bits per heavy atom. The molecule has 2 N–H and O–H groups in total. The number of rotatable bonds is 4. The van der Waals surface area contributed by atoms with Gasteiger partial charge in [-0.15, -0.1) is 0 Å². The van der Waals surface area contributed by atoms with Crippen LogP contribution < -0.4 is 10.3 Å². The normalized spacial score (nSPS) is 23.0. The molecular formula is C20H25N3O4. The first-order chi connectivity index (χ1) is 12.8. The van der Waals surface area contributed by atoms with Gasteiger partial charge < -0.3 is 10.4 Å². The van der Waals surface area contributed by atoms with E-state index in [1.165, 1.54) is 5.01 Å². The van der Waals surface area contributed by atoms with Crippen molar-refractivity contribution in [2.75, 3.05) is 5.01 Å². The molecule has 1 fully saturated rings. The molecule has 7 nitrogen and oxygen atoms in total. The number of carboxylic acids is 1. The number of benzene rings is 1. The monoisotopic (exact) mass is 371 g/mol. The molecule has 0 unspecified atom stereocenters. The van der Waals surface area contributed by atoms with Crippen LogP contribution in [0.2, 0.25) is 0 Å². The third kappa shape index (κ3) is 4.35. The highest BCUT2D eigenvalue weighted by Crippen LogP contribution is 2.26. The van der Waals surface area contributed by atoms with E-state index in [2.05, 4.69) is 10.4 Å². The molecule has 0 atom stereocenters. The third-order valence-electron chi connectivity index (χ3n) is 5.30. The summed E-state index contributed by atoms with van der Waals surface area (Å²) in [5, 5.41) is 17.7. The molecule has 1 aliphatic heterocycles. The lowest BCUT2D eigenvalue weighted by Gasteiger charge is -2.28. The van der Waals surface area contributed by atoms with Crippen molar-refractivity contribution in [1.29, 1.82) is 0 Å². The van der Waals surface area contributed by atoms with Crippen LogP contribution >= 0.6 is 0 Å². The van der Waals surface area contributed by atoms with Crippen molar-refractivity contribution < 1.29 is 19.5 Å². The van der Waals surface area contributed by atoms with Gasteiger partial charge in [-0.3, -0.25) is 14.4 Å². The minimum atomic E-state index is -0.765. The highest BCUT2D eigenvalue weighted by molar-refractivity contribution is 6.40. The van der Waals surface area contributed by atoms with Gasteiger partial charge in [0.05, 0.1) is 11.6 Å². The van der Waals surface area contributed by atoms with E-state index >= 15 is 0 Å². The van der Waals surface area contributed by atoms with Crippen LogP contribution in [0, 0.1) is 19.8 Å². The highest BCUT2D eigenvalue weighted by Gasteiger charge is 2.30. The van der Waals surface area contributed by atoms with Gasteiger partial charge in [-0.25, -0.2) is 5.01 Å². The Bertz CT molecular complexity index is 794. The van der Waals surface area contributed by atoms with Gasteiger partial charge in [-0.1, -0.05) is 12.1 Å². The van der Waals surface area contributed by atoms with E-state index < -0.39 is 5.97 Å². The predicted molar refractivity (Wildman–Crippen MR) is 102 cm³/mol. The molecule has 2 amide bonds. The minimum Gasteiger partial charge on any atom is -0.481 e. The van der Waals surface area contributed by atoms with Gasteiger partial charge in [0.1, 0.15) is 5.71 Å². The molecule has 2 aliphatic rings. The molecule has 144 valence electrons. The molecule has 0 spiro atoms. The van der Waals surface area contributed by atoms with E-state index in [1.807, 2.05) is 32.0 Å². The minimum absolute atomic E-state index is 0.0393. The number of hydrogen-bond donors (Lipinski definition) is 2. The van der Waals surface area contributed by atoms with E-state index in [-0.39, 0.29) is 30.2 Å². The maximum absolute atomic E-state index is 12.6. The fourth-order valence-corrected chi connectivity index (χ4v) is 3.61. The number of hydrogen-bond acceptors (Lipinski definition) is 4. The SMILES string of the molecule is Cc1ccc(C)c(N2N=C(C(=O)NC3CCC(C(=O)O)CC3)CCC2=O)c1. The number of aliphatic carboxylic acids is 1. The van der Waals surface area contributed by atoms with Gasteiger partial charge in [-0.05, 0) is 56.7 Å². The second-order valence-electron chi connectivity index (χ2n) is 7.40. The number of nitrogens with one attached hydrogen (secondary N) is 1. The lowest BCUT2D eigenvalue weighted by molar-refractivity contribution is -0.142. The van der Waals surface area contributed by atoms with E-state index in [0.29, 0.717) is 43.5 Å². The molecule has 0 bridgehead atoms. The molecule has 3 rings (SSSR count). The maximum atomic E-state index is 12.6. The van der Waals surface area contributed by atoms with E-state index in [0.717, 1.165) is 11.1 Å². The van der Waals surface area contributed by atoms with Crippen LogP contribution in [0.3, 0.4) is 0 Å². The van der Waals surface area contributed by atoms with E-state index in [1.54, 1.807) is 0 Å². The maximum Gasteiger partial charge on any atom is 0.306 e. The summed E-state index contributed by atoms with van der Waals surface area (Å²) in [6.45, 7) is 3.86. The topological polar surface area (TPSA) is 99.1 Å². The second-order valence-corrected chi connectivity index (χ2v) is 7.40. The zero-order chi connectivity index (χ0) is 19.6. The summed E-state index contributed by atoms with van der Waals surface area (Å²) in [6, 6.07) is 5.76. The van der Waals surface area contributed by atoms with Crippen molar-refractivity contribution in [3.63, 3.8) is 0 Å². The average molecular weight is 371 g/mol. The summed E-state index contributed by atoms with van der Waals surface area (Å²) in [5.41, 5.74) is 2.99. The van der Waals surface area contributed by atoms with Gasteiger partial charge in [0.2, 0.25) is 5.91 Å². The van der Waals surface area contributed by atoms with Crippen molar-refractivity contribution in [2.24, 2.45) is 11.0 Å². The van der Waals surface area contributed by atoms with Crippen molar-refractivity contribution in [1.82, 2.24) is 5.32 Å². The van der Waals surface area contributed by atoms with Gasteiger partial charge in [0.15, 0.2) is 0 Å². The fraction of sp³-hybridized carbons (Fsp3) is 0.500.